The smallest absolute Gasteiger partial charge is 0.205 e. The van der Waals surface area contributed by atoms with E-state index in [0.717, 1.165) is 29.0 Å². The fourth-order valence-electron chi connectivity index (χ4n) is 2.14. The molecule has 0 saturated heterocycles. The number of nitrogens with zero attached hydrogens (tertiary/aromatic N) is 3. The average Bonchev–Trinajstić information content (AvgIpc) is 2.97. The van der Waals surface area contributed by atoms with Crippen LogP contribution < -0.4 is 14.4 Å². The Morgan fingerprint density at radius 1 is 1.24 bits per heavy atom. The van der Waals surface area contributed by atoms with Crippen molar-refractivity contribution < 1.29 is 9.47 Å². The molecule has 0 atom stereocenters. The summed E-state index contributed by atoms with van der Waals surface area (Å²) in [5.74, 6) is 2.92. The van der Waals surface area contributed by atoms with Gasteiger partial charge in [0.2, 0.25) is 5.13 Å². The Balaban J connectivity index is 1.73. The third-order valence-corrected chi connectivity index (χ3v) is 4.14. The number of hydrogen-bond acceptors (Lipinski definition) is 6. The van der Waals surface area contributed by atoms with Crippen LogP contribution in [0.1, 0.15) is 31.2 Å². The molecule has 0 aliphatic carbocycles. The Bertz CT molecular complexity index is 627. The minimum absolute atomic E-state index is 0.359. The van der Waals surface area contributed by atoms with Gasteiger partial charge in [0, 0.05) is 31.0 Å². The molecule has 2 heterocycles. The number of rotatable bonds is 4. The minimum Gasteiger partial charge on any atom is -0.486 e. The second-order valence-corrected chi connectivity index (χ2v) is 6.15. The molecule has 0 fully saturated rings. The molecule has 2 aromatic rings. The number of benzene rings is 1. The SMILES string of the molecule is CC(C)c1nsc(N(C)Cc2ccc3c(c2)OCCO3)n1. The van der Waals surface area contributed by atoms with Crippen LogP contribution in [0.3, 0.4) is 0 Å². The van der Waals surface area contributed by atoms with Crippen molar-refractivity contribution in [1.29, 1.82) is 0 Å². The summed E-state index contributed by atoms with van der Waals surface area (Å²) in [6.07, 6.45) is 0. The molecule has 112 valence electrons. The maximum atomic E-state index is 5.62. The van der Waals surface area contributed by atoms with Gasteiger partial charge in [-0.1, -0.05) is 19.9 Å². The zero-order valence-corrected chi connectivity index (χ0v) is 13.3. The van der Waals surface area contributed by atoms with Crippen molar-refractivity contribution in [2.75, 3.05) is 25.2 Å². The third-order valence-electron chi connectivity index (χ3n) is 3.30. The third kappa shape index (κ3) is 3.10. The van der Waals surface area contributed by atoms with E-state index in [1.165, 1.54) is 17.1 Å². The number of ether oxygens (including phenoxy) is 2. The van der Waals surface area contributed by atoms with Gasteiger partial charge < -0.3 is 14.4 Å². The molecular weight excluding hydrogens is 286 g/mol. The molecular formula is C15H19N3O2S. The lowest BCUT2D eigenvalue weighted by Gasteiger charge is -2.20. The van der Waals surface area contributed by atoms with Crippen LogP contribution >= 0.6 is 11.5 Å². The van der Waals surface area contributed by atoms with Gasteiger partial charge in [0.15, 0.2) is 11.5 Å². The second kappa shape index (κ2) is 5.89. The molecule has 1 aromatic heterocycles. The van der Waals surface area contributed by atoms with Crippen LogP contribution in [0.25, 0.3) is 0 Å². The van der Waals surface area contributed by atoms with Crippen LogP contribution in [-0.2, 0) is 6.54 Å². The largest absolute Gasteiger partial charge is 0.486 e. The highest BCUT2D eigenvalue weighted by atomic mass is 32.1. The number of hydrogen-bond donors (Lipinski definition) is 0. The van der Waals surface area contributed by atoms with Gasteiger partial charge in [0.05, 0.1) is 0 Å². The van der Waals surface area contributed by atoms with E-state index in [1.54, 1.807) is 0 Å². The lowest BCUT2D eigenvalue weighted by atomic mass is 10.2. The second-order valence-electron chi connectivity index (χ2n) is 5.42. The first kappa shape index (κ1) is 14.1. The van der Waals surface area contributed by atoms with Crippen molar-refractivity contribution in [3.8, 4) is 11.5 Å². The Hall–Kier alpha value is -1.82. The van der Waals surface area contributed by atoms with E-state index >= 15 is 0 Å². The van der Waals surface area contributed by atoms with Crippen molar-refractivity contribution in [1.82, 2.24) is 9.36 Å². The number of aromatic nitrogens is 2. The zero-order chi connectivity index (χ0) is 14.8. The molecule has 5 nitrogen and oxygen atoms in total. The molecule has 0 saturated carbocycles. The van der Waals surface area contributed by atoms with Crippen LogP contribution in [0.15, 0.2) is 18.2 Å². The van der Waals surface area contributed by atoms with Gasteiger partial charge in [-0.3, -0.25) is 0 Å². The molecule has 0 radical (unpaired) electrons. The first-order valence-corrected chi connectivity index (χ1v) is 7.84. The van der Waals surface area contributed by atoms with Crippen LogP contribution in [0.4, 0.5) is 5.13 Å². The maximum Gasteiger partial charge on any atom is 0.205 e. The molecule has 1 aliphatic heterocycles. The standard InChI is InChI=1S/C15H19N3O2S/c1-10(2)14-16-15(21-17-14)18(3)9-11-4-5-12-13(8-11)20-7-6-19-12/h4-5,8,10H,6-7,9H2,1-3H3. The Kier molecular flexibility index (Phi) is 3.96. The van der Waals surface area contributed by atoms with Crippen LogP contribution in [0, 0.1) is 0 Å². The summed E-state index contributed by atoms with van der Waals surface area (Å²) in [5, 5.41) is 0.939. The summed E-state index contributed by atoms with van der Waals surface area (Å²) in [6, 6.07) is 6.07. The highest BCUT2D eigenvalue weighted by Crippen LogP contribution is 2.31. The molecule has 6 heteroatoms. The Morgan fingerprint density at radius 2 is 2.00 bits per heavy atom. The summed E-state index contributed by atoms with van der Waals surface area (Å²) in [7, 11) is 2.03. The molecule has 21 heavy (non-hydrogen) atoms. The van der Waals surface area contributed by atoms with Gasteiger partial charge in [0.25, 0.3) is 0 Å². The van der Waals surface area contributed by atoms with Crippen LogP contribution in [0.2, 0.25) is 0 Å². The highest BCUT2D eigenvalue weighted by Gasteiger charge is 2.14. The van der Waals surface area contributed by atoms with Gasteiger partial charge in [-0.05, 0) is 17.7 Å². The summed E-state index contributed by atoms with van der Waals surface area (Å²) in [5.41, 5.74) is 1.17. The van der Waals surface area contributed by atoms with E-state index in [4.69, 9.17) is 9.47 Å². The predicted molar refractivity (Wildman–Crippen MR) is 83.5 cm³/mol. The fraction of sp³-hybridized carbons (Fsp3) is 0.467. The normalized spacial score (nSPS) is 13.5. The molecule has 0 amide bonds. The summed E-state index contributed by atoms with van der Waals surface area (Å²) < 4.78 is 15.5. The Morgan fingerprint density at radius 3 is 2.71 bits per heavy atom. The van der Waals surface area contributed by atoms with Crippen molar-refractivity contribution in [2.45, 2.75) is 26.3 Å². The average molecular weight is 305 g/mol. The van der Waals surface area contributed by atoms with Crippen molar-refractivity contribution >= 4 is 16.7 Å². The van der Waals surface area contributed by atoms with Gasteiger partial charge in [-0.15, -0.1) is 0 Å². The monoisotopic (exact) mass is 305 g/mol. The zero-order valence-electron chi connectivity index (χ0n) is 12.5. The van der Waals surface area contributed by atoms with Gasteiger partial charge in [-0.2, -0.15) is 4.37 Å². The van der Waals surface area contributed by atoms with Gasteiger partial charge in [-0.25, -0.2) is 4.98 Å². The molecule has 0 N–H and O–H groups in total. The van der Waals surface area contributed by atoms with Crippen LogP contribution in [-0.4, -0.2) is 29.6 Å². The van der Waals surface area contributed by atoms with E-state index in [9.17, 15) is 0 Å². The fourth-order valence-corrected chi connectivity index (χ4v) is 2.91. The summed E-state index contributed by atoms with van der Waals surface area (Å²) in [4.78, 5) is 6.68. The molecule has 3 rings (SSSR count). The van der Waals surface area contributed by atoms with Gasteiger partial charge >= 0.3 is 0 Å². The summed E-state index contributed by atoms with van der Waals surface area (Å²) >= 11 is 1.44. The molecule has 1 aliphatic rings. The van der Waals surface area contributed by atoms with E-state index in [2.05, 4.69) is 34.2 Å². The lowest BCUT2D eigenvalue weighted by Crippen LogP contribution is -2.18. The maximum absolute atomic E-state index is 5.62. The highest BCUT2D eigenvalue weighted by molar-refractivity contribution is 7.09. The first-order chi connectivity index (χ1) is 10.1. The van der Waals surface area contributed by atoms with Crippen molar-refractivity contribution in [3.05, 3.63) is 29.6 Å². The van der Waals surface area contributed by atoms with E-state index in [-0.39, 0.29) is 0 Å². The molecule has 0 bridgehead atoms. The minimum atomic E-state index is 0.359. The van der Waals surface area contributed by atoms with Crippen LogP contribution in [0.5, 0.6) is 11.5 Å². The first-order valence-electron chi connectivity index (χ1n) is 7.07. The predicted octanol–water partition coefficient (Wildman–Crippen LogP) is 3.07. The van der Waals surface area contributed by atoms with Gasteiger partial charge in [0.1, 0.15) is 19.0 Å². The van der Waals surface area contributed by atoms with Crippen molar-refractivity contribution in [2.24, 2.45) is 0 Å². The Labute approximate surface area is 128 Å². The quantitative estimate of drug-likeness (QED) is 0.869. The van der Waals surface area contributed by atoms with Crippen molar-refractivity contribution in [3.63, 3.8) is 0 Å². The molecule has 0 unspecified atom stereocenters. The molecule has 1 aromatic carbocycles. The lowest BCUT2D eigenvalue weighted by molar-refractivity contribution is 0.171. The molecule has 0 spiro atoms. The number of fused-ring (bicyclic) bond motifs is 1. The van der Waals surface area contributed by atoms with E-state index < -0.39 is 0 Å². The van der Waals surface area contributed by atoms with E-state index in [0.29, 0.717) is 19.1 Å². The van der Waals surface area contributed by atoms with E-state index in [1.807, 2.05) is 19.2 Å². The summed E-state index contributed by atoms with van der Waals surface area (Å²) in [6.45, 7) is 6.21. The topological polar surface area (TPSA) is 47.5 Å². The number of anilines is 1.